The monoisotopic (exact) mass is 224 g/mol. The maximum Gasteiger partial charge on any atom is 0.00128 e. The van der Waals surface area contributed by atoms with Crippen LogP contribution in [-0.2, 0) is 0 Å². The summed E-state index contributed by atoms with van der Waals surface area (Å²) in [6.07, 6.45) is 8.46. The van der Waals surface area contributed by atoms with Crippen LogP contribution >= 0.6 is 0 Å². The van der Waals surface area contributed by atoms with Gasteiger partial charge in [-0.05, 0) is 63.1 Å². The molecule has 2 unspecified atom stereocenters. The molecular formula is C14H28N2. The molecular weight excluding hydrogens is 196 g/mol. The van der Waals surface area contributed by atoms with Crippen molar-refractivity contribution in [1.29, 1.82) is 0 Å². The van der Waals surface area contributed by atoms with Gasteiger partial charge in [0.25, 0.3) is 0 Å². The van der Waals surface area contributed by atoms with Crippen LogP contribution in [0, 0.1) is 17.8 Å². The standard InChI is InChI=1S/C14H28N2/c1-12-6-8-16(9-7-12)11-14-5-3-2-4-13(14)10-15/h12-14H,2-11,15H2,1H3. The molecule has 1 heterocycles. The van der Waals surface area contributed by atoms with Crippen LogP contribution in [0.5, 0.6) is 0 Å². The van der Waals surface area contributed by atoms with Crippen molar-refractivity contribution < 1.29 is 0 Å². The molecule has 2 fully saturated rings. The number of likely N-dealkylation sites (tertiary alicyclic amines) is 1. The fourth-order valence-corrected chi connectivity index (χ4v) is 3.41. The topological polar surface area (TPSA) is 29.3 Å². The summed E-state index contributed by atoms with van der Waals surface area (Å²) in [5.74, 6) is 2.66. The van der Waals surface area contributed by atoms with Crippen molar-refractivity contribution in [3.8, 4) is 0 Å². The minimum Gasteiger partial charge on any atom is -0.330 e. The third kappa shape index (κ3) is 3.21. The average molecular weight is 224 g/mol. The molecule has 2 N–H and O–H groups in total. The quantitative estimate of drug-likeness (QED) is 0.798. The van der Waals surface area contributed by atoms with E-state index in [1.54, 1.807) is 0 Å². The lowest BCUT2D eigenvalue weighted by Gasteiger charge is -2.37. The number of nitrogens with two attached hydrogens (primary N) is 1. The first-order chi connectivity index (χ1) is 7.79. The van der Waals surface area contributed by atoms with E-state index >= 15 is 0 Å². The maximum atomic E-state index is 5.90. The number of rotatable bonds is 3. The highest BCUT2D eigenvalue weighted by Crippen LogP contribution is 2.30. The first kappa shape index (κ1) is 12.4. The van der Waals surface area contributed by atoms with E-state index in [4.69, 9.17) is 5.73 Å². The normalized spacial score (nSPS) is 34.1. The van der Waals surface area contributed by atoms with Gasteiger partial charge in [-0.15, -0.1) is 0 Å². The van der Waals surface area contributed by atoms with Crippen LogP contribution in [0.4, 0.5) is 0 Å². The Labute approximate surface area is 101 Å². The lowest BCUT2D eigenvalue weighted by molar-refractivity contribution is 0.122. The average Bonchev–Trinajstić information content (AvgIpc) is 2.33. The minimum absolute atomic E-state index is 0.813. The van der Waals surface area contributed by atoms with Crippen molar-refractivity contribution in [2.45, 2.75) is 45.4 Å². The van der Waals surface area contributed by atoms with Gasteiger partial charge in [-0.25, -0.2) is 0 Å². The minimum atomic E-state index is 0.813. The molecule has 2 atom stereocenters. The molecule has 0 spiro atoms. The highest BCUT2D eigenvalue weighted by molar-refractivity contribution is 4.80. The molecule has 0 amide bonds. The molecule has 16 heavy (non-hydrogen) atoms. The molecule has 0 aromatic carbocycles. The van der Waals surface area contributed by atoms with Crippen LogP contribution in [-0.4, -0.2) is 31.1 Å². The first-order valence-electron chi connectivity index (χ1n) is 7.22. The number of nitrogens with zero attached hydrogens (tertiary/aromatic N) is 1. The Morgan fingerprint density at radius 2 is 1.62 bits per heavy atom. The van der Waals surface area contributed by atoms with Gasteiger partial charge in [-0.3, -0.25) is 0 Å². The van der Waals surface area contributed by atoms with Crippen LogP contribution in [0.1, 0.15) is 45.4 Å². The van der Waals surface area contributed by atoms with E-state index in [-0.39, 0.29) is 0 Å². The summed E-state index contributed by atoms with van der Waals surface area (Å²) in [5.41, 5.74) is 5.90. The van der Waals surface area contributed by atoms with Gasteiger partial charge in [-0.2, -0.15) is 0 Å². The molecule has 0 aromatic rings. The van der Waals surface area contributed by atoms with Crippen molar-refractivity contribution in [2.24, 2.45) is 23.5 Å². The Bertz CT molecular complexity index is 197. The largest absolute Gasteiger partial charge is 0.330 e. The van der Waals surface area contributed by atoms with Crippen molar-refractivity contribution in [2.75, 3.05) is 26.2 Å². The molecule has 2 nitrogen and oxygen atoms in total. The zero-order chi connectivity index (χ0) is 11.4. The Morgan fingerprint density at radius 1 is 1.00 bits per heavy atom. The van der Waals surface area contributed by atoms with Crippen LogP contribution < -0.4 is 5.73 Å². The molecule has 0 aromatic heterocycles. The SMILES string of the molecule is CC1CCN(CC2CCCCC2CN)CC1. The molecule has 1 saturated heterocycles. The van der Waals surface area contributed by atoms with E-state index in [0.717, 1.165) is 24.3 Å². The van der Waals surface area contributed by atoms with Crippen molar-refractivity contribution >= 4 is 0 Å². The van der Waals surface area contributed by atoms with Gasteiger partial charge >= 0.3 is 0 Å². The van der Waals surface area contributed by atoms with E-state index in [2.05, 4.69) is 11.8 Å². The van der Waals surface area contributed by atoms with Crippen molar-refractivity contribution in [1.82, 2.24) is 4.90 Å². The predicted molar refractivity (Wildman–Crippen MR) is 69.3 cm³/mol. The summed E-state index contributed by atoms with van der Waals surface area (Å²) in [7, 11) is 0. The molecule has 2 heteroatoms. The fourth-order valence-electron chi connectivity index (χ4n) is 3.41. The van der Waals surface area contributed by atoms with Gasteiger partial charge in [0.2, 0.25) is 0 Å². The van der Waals surface area contributed by atoms with Gasteiger partial charge < -0.3 is 10.6 Å². The summed E-state index contributed by atoms with van der Waals surface area (Å²) in [5, 5.41) is 0. The third-order valence-electron chi connectivity index (χ3n) is 4.74. The summed E-state index contributed by atoms with van der Waals surface area (Å²) >= 11 is 0. The second kappa shape index (κ2) is 6.02. The summed E-state index contributed by atoms with van der Waals surface area (Å²) in [6.45, 7) is 7.29. The van der Waals surface area contributed by atoms with E-state index in [0.29, 0.717) is 0 Å². The smallest absolute Gasteiger partial charge is 0.00128 e. The van der Waals surface area contributed by atoms with Gasteiger partial charge in [0.15, 0.2) is 0 Å². The number of piperidine rings is 1. The molecule has 2 aliphatic rings. The van der Waals surface area contributed by atoms with Gasteiger partial charge in [0.1, 0.15) is 0 Å². The first-order valence-corrected chi connectivity index (χ1v) is 7.22. The highest BCUT2D eigenvalue weighted by atomic mass is 15.1. The Kier molecular flexibility index (Phi) is 4.66. The maximum absolute atomic E-state index is 5.90. The Balaban J connectivity index is 1.78. The van der Waals surface area contributed by atoms with Gasteiger partial charge in [-0.1, -0.05) is 19.8 Å². The summed E-state index contributed by atoms with van der Waals surface area (Å²) in [4.78, 5) is 2.69. The third-order valence-corrected chi connectivity index (χ3v) is 4.74. The zero-order valence-corrected chi connectivity index (χ0v) is 10.8. The molecule has 1 aliphatic heterocycles. The summed E-state index contributed by atoms with van der Waals surface area (Å²) < 4.78 is 0. The molecule has 2 rings (SSSR count). The molecule has 1 saturated carbocycles. The summed E-state index contributed by atoms with van der Waals surface area (Å²) in [6, 6.07) is 0. The second-order valence-corrected chi connectivity index (χ2v) is 6.02. The molecule has 1 aliphatic carbocycles. The van der Waals surface area contributed by atoms with E-state index in [1.807, 2.05) is 0 Å². The van der Waals surface area contributed by atoms with Crippen LogP contribution in [0.15, 0.2) is 0 Å². The lowest BCUT2D eigenvalue weighted by Crippen LogP contribution is -2.40. The lowest BCUT2D eigenvalue weighted by atomic mass is 9.78. The Hall–Kier alpha value is -0.0800. The van der Waals surface area contributed by atoms with Gasteiger partial charge in [0.05, 0.1) is 0 Å². The number of hydrogen-bond acceptors (Lipinski definition) is 2. The fraction of sp³-hybridized carbons (Fsp3) is 1.00. The Morgan fingerprint density at radius 3 is 2.25 bits per heavy atom. The van der Waals surface area contributed by atoms with E-state index in [9.17, 15) is 0 Å². The van der Waals surface area contributed by atoms with Crippen molar-refractivity contribution in [3.05, 3.63) is 0 Å². The second-order valence-electron chi connectivity index (χ2n) is 6.02. The van der Waals surface area contributed by atoms with Crippen LogP contribution in [0.25, 0.3) is 0 Å². The molecule has 94 valence electrons. The predicted octanol–water partition coefficient (Wildman–Crippen LogP) is 2.48. The van der Waals surface area contributed by atoms with Gasteiger partial charge in [0, 0.05) is 6.54 Å². The van der Waals surface area contributed by atoms with Crippen molar-refractivity contribution in [3.63, 3.8) is 0 Å². The molecule has 0 bridgehead atoms. The van der Waals surface area contributed by atoms with Crippen LogP contribution in [0.3, 0.4) is 0 Å². The molecule has 0 radical (unpaired) electrons. The van der Waals surface area contributed by atoms with Crippen LogP contribution in [0.2, 0.25) is 0 Å². The van der Waals surface area contributed by atoms with E-state index in [1.165, 1.54) is 58.2 Å². The zero-order valence-electron chi connectivity index (χ0n) is 10.8. The number of hydrogen-bond donors (Lipinski definition) is 1. The van der Waals surface area contributed by atoms with E-state index < -0.39 is 0 Å². The highest BCUT2D eigenvalue weighted by Gasteiger charge is 2.26.